The van der Waals surface area contributed by atoms with Crippen LogP contribution in [0.3, 0.4) is 0 Å². The molecule has 0 heterocycles. The van der Waals surface area contributed by atoms with E-state index in [1.807, 2.05) is 0 Å². The molecule has 1 aliphatic rings. The minimum Gasteiger partial charge on any atom is -0.203 e. The van der Waals surface area contributed by atoms with Crippen molar-refractivity contribution in [3.8, 4) is 44.5 Å². The van der Waals surface area contributed by atoms with Gasteiger partial charge in [-0.15, -0.1) is 0 Å². The first-order valence-corrected chi connectivity index (χ1v) is 10.0. The minimum atomic E-state index is -2.98. The van der Waals surface area contributed by atoms with Gasteiger partial charge in [0.1, 0.15) is 0 Å². The van der Waals surface area contributed by atoms with Crippen molar-refractivity contribution >= 4 is 0 Å². The lowest BCUT2D eigenvalue weighted by Gasteiger charge is -2.26. The van der Waals surface area contributed by atoms with Gasteiger partial charge < -0.3 is 0 Å². The molecule has 0 N–H and O–H groups in total. The van der Waals surface area contributed by atoms with Crippen molar-refractivity contribution in [3.05, 3.63) is 93.1 Å². The van der Waals surface area contributed by atoms with Crippen molar-refractivity contribution < 1.29 is 70.2 Å². The van der Waals surface area contributed by atoms with E-state index in [0.29, 0.717) is 0 Å². The predicted octanol–water partition coefficient (Wildman–Crippen LogP) is 8.89. The van der Waals surface area contributed by atoms with E-state index < -0.39 is 138 Å². The van der Waals surface area contributed by atoms with Crippen LogP contribution in [0.5, 0.6) is 0 Å². The molecule has 4 aromatic rings. The van der Waals surface area contributed by atoms with E-state index in [-0.39, 0.29) is 0 Å². The van der Waals surface area contributed by atoms with E-state index >= 15 is 35.1 Å². The Labute approximate surface area is 208 Å². The maximum Gasteiger partial charge on any atom is 0.198 e. The van der Waals surface area contributed by atoms with Gasteiger partial charge in [0.2, 0.25) is 0 Å². The number of hydrogen-bond donors (Lipinski definition) is 0. The third-order valence-corrected chi connectivity index (χ3v) is 6.07. The lowest BCUT2D eigenvalue weighted by atomic mass is 9.78. The number of benzene rings is 4. The lowest BCUT2D eigenvalue weighted by Crippen LogP contribution is -2.16. The normalized spacial score (nSPS) is 12.0. The summed E-state index contributed by atoms with van der Waals surface area (Å²) in [4.78, 5) is 0. The summed E-state index contributed by atoms with van der Waals surface area (Å²) in [6.45, 7) is 0. The molecule has 1 aliphatic carbocycles. The highest BCUT2D eigenvalue weighted by Gasteiger charge is 2.44. The maximum atomic E-state index is 15.1. The van der Waals surface area contributed by atoms with Crippen LogP contribution in [0.15, 0.2) is 0 Å². The Morgan fingerprint density at radius 1 is 0.125 bits per heavy atom. The van der Waals surface area contributed by atoms with Crippen molar-refractivity contribution in [2.45, 2.75) is 0 Å². The van der Waals surface area contributed by atoms with Gasteiger partial charge in [0.05, 0.1) is 0 Å². The summed E-state index contributed by atoms with van der Waals surface area (Å²) in [6.07, 6.45) is 0. The molecular formula is C24F16. The van der Waals surface area contributed by atoms with Crippen LogP contribution in [0.1, 0.15) is 0 Å². The monoisotopic (exact) mass is 592 g/mol. The van der Waals surface area contributed by atoms with Crippen LogP contribution in [0.2, 0.25) is 0 Å². The first-order chi connectivity index (χ1) is 18.6. The second kappa shape index (κ2) is 8.63. The Morgan fingerprint density at radius 3 is 0.275 bits per heavy atom. The van der Waals surface area contributed by atoms with Crippen LogP contribution in [-0.4, -0.2) is 0 Å². The Kier molecular flexibility index (Phi) is 5.90. The topological polar surface area (TPSA) is 0 Å². The van der Waals surface area contributed by atoms with Gasteiger partial charge in [0.25, 0.3) is 0 Å². The summed E-state index contributed by atoms with van der Waals surface area (Å²) in [5, 5.41) is 0. The van der Waals surface area contributed by atoms with E-state index in [0.717, 1.165) is 0 Å². The average Bonchev–Trinajstić information content (AvgIpc) is 2.92. The highest BCUT2D eigenvalue weighted by Crippen LogP contribution is 2.55. The van der Waals surface area contributed by atoms with Gasteiger partial charge in [0, 0.05) is 44.5 Å². The van der Waals surface area contributed by atoms with E-state index in [2.05, 4.69) is 0 Å². The van der Waals surface area contributed by atoms with Gasteiger partial charge in [-0.05, 0) is 0 Å². The molecule has 0 bridgehead atoms. The molecule has 208 valence electrons. The molecule has 4 aromatic carbocycles. The number of rotatable bonds is 0. The van der Waals surface area contributed by atoms with E-state index in [4.69, 9.17) is 0 Å². The highest BCUT2D eigenvalue weighted by molar-refractivity contribution is 6.04. The van der Waals surface area contributed by atoms with Crippen LogP contribution < -0.4 is 0 Å². The van der Waals surface area contributed by atoms with Gasteiger partial charge in [-0.3, -0.25) is 0 Å². The number of halogens is 16. The zero-order valence-electron chi connectivity index (χ0n) is 18.0. The third-order valence-electron chi connectivity index (χ3n) is 6.07. The summed E-state index contributed by atoms with van der Waals surface area (Å²) < 4.78 is 235. The molecule has 0 spiro atoms. The van der Waals surface area contributed by atoms with Gasteiger partial charge in [-0.1, -0.05) is 0 Å². The molecule has 0 radical (unpaired) electrons. The standard InChI is InChI=1S/C24F16/c25-9-1-2(10(26)18(34)17(9)33)4-6(14(30)22(38)21(37)13(4)29)8-7(15(31)23(39)24(40)16(8)32)5-3(1)11(27)19(35)20(36)12(5)28. The second-order valence-corrected chi connectivity index (χ2v) is 8.02. The number of hydrogen-bond acceptors (Lipinski definition) is 0. The Morgan fingerprint density at radius 2 is 0.200 bits per heavy atom. The van der Waals surface area contributed by atoms with E-state index in [1.165, 1.54) is 0 Å². The zero-order valence-corrected chi connectivity index (χ0v) is 18.0. The fraction of sp³-hybridized carbons (Fsp3) is 0. The fourth-order valence-corrected chi connectivity index (χ4v) is 4.40. The van der Waals surface area contributed by atoms with Crippen molar-refractivity contribution in [1.29, 1.82) is 0 Å². The molecule has 5 rings (SSSR count). The van der Waals surface area contributed by atoms with Crippen molar-refractivity contribution in [3.63, 3.8) is 0 Å². The largest absolute Gasteiger partial charge is 0.203 e. The van der Waals surface area contributed by atoms with Crippen LogP contribution in [0, 0.1) is 93.1 Å². The Bertz CT molecular complexity index is 1430. The molecular weight excluding hydrogens is 592 g/mol. The van der Waals surface area contributed by atoms with Crippen molar-refractivity contribution in [1.82, 2.24) is 0 Å². The second-order valence-electron chi connectivity index (χ2n) is 8.02. The maximum absolute atomic E-state index is 15.1. The molecule has 0 fully saturated rings. The first kappa shape index (κ1) is 27.3. The average molecular weight is 592 g/mol. The molecule has 0 aromatic heterocycles. The van der Waals surface area contributed by atoms with Crippen LogP contribution in [0.4, 0.5) is 70.2 Å². The van der Waals surface area contributed by atoms with Gasteiger partial charge >= 0.3 is 0 Å². The third kappa shape index (κ3) is 3.12. The molecule has 40 heavy (non-hydrogen) atoms. The fourth-order valence-electron chi connectivity index (χ4n) is 4.40. The summed E-state index contributed by atoms with van der Waals surface area (Å²) in [5.74, 6) is -47.4. The molecule has 0 saturated heterocycles. The van der Waals surface area contributed by atoms with E-state index in [1.54, 1.807) is 0 Å². The van der Waals surface area contributed by atoms with Crippen LogP contribution >= 0.6 is 0 Å². The summed E-state index contributed by atoms with van der Waals surface area (Å²) in [6, 6.07) is 0. The number of fused-ring (bicyclic) bond motifs is 8. The molecule has 16 heteroatoms. The lowest BCUT2D eigenvalue weighted by molar-refractivity contribution is 0.399. The van der Waals surface area contributed by atoms with Gasteiger partial charge in [-0.25, -0.2) is 70.2 Å². The highest BCUT2D eigenvalue weighted by atomic mass is 19.2. The smallest absolute Gasteiger partial charge is 0.198 e. The first-order valence-electron chi connectivity index (χ1n) is 10.0. The van der Waals surface area contributed by atoms with E-state index in [9.17, 15) is 35.1 Å². The van der Waals surface area contributed by atoms with Crippen molar-refractivity contribution in [2.24, 2.45) is 0 Å². The molecule has 0 nitrogen and oxygen atoms in total. The summed E-state index contributed by atoms with van der Waals surface area (Å²) in [7, 11) is 0. The molecule has 0 saturated carbocycles. The summed E-state index contributed by atoms with van der Waals surface area (Å²) >= 11 is 0. The minimum absolute atomic E-state index is 2.43. The SMILES string of the molecule is Fc1c(F)c(F)c2c(c1F)-c1c(F)c(F)c(F)c(F)c1-c1c(F)c(F)c(F)c(F)c1-c1c(F)c(F)c(F)c(F)c1-2. The molecule has 0 atom stereocenters. The quantitative estimate of drug-likeness (QED) is 0.0958. The molecule has 0 unspecified atom stereocenters. The zero-order chi connectivity index (χ0) is 29.9. The predicted molar refractivity (Wildman–Crippen MR) is 101 cm³/mol. The van der Waals surface area contributed by atoms with Gasteiger partial charge in [-0.2, -0.15) is 0 Å². The van der Waals surface area contributed by atoms with Crippen molar-refractivity contribution in [2.75, 3.05) is 0 Å². The molecule has 0 aliphatic heterocycles. The van der Waals surface area contributed by atoms with Gasteiger partial charge in [0.15, 0.2) is 93.1 Å². The van der Waals surface area contributed by atoms with Crippen LogP contribution in [-0.2, 0) is 0 Å². The summed E-state index contributed by atoms with van der Waals surface area (Å²) in [5.41, 5.74) is -19.4. The Balaban J connectivity index is 2.32. The Hall–Kier alpha value is -4.24. The molecule has 0 amide bonds. The van der Waals surface area contributed by atoms with Crippen LogP contribution in [0.25, 0.3) is 44.5 Å².